The molecule has 0 aliphatic carbocycles. The fraction of sp³-hybridized carbons (Fsp3) is 0.394. The van der Waals surface area contributed by atoms with Gasteiger partial charge in [0.25, 0.3) is 0 Å². The van der Waals surface area contributed by atoms with Gasteiger partial charge >= 0.3 is 12.2 Å². The highest BCUT2D eigenvalue weighted by atomic mass is 32.1. The van der Waals surface area contributed by atoms with Crippen LogP contribution in [-0.2, 0) is 22.6 Å². The quantitative estimate of drug-likeness (QED) is 0.235. The zero-order chi connectivity index (χ0) is 30.6. The summed E-state index contributed by atoms with van der Waals surface area (Å²) in [6.45, 7) is 10.6. The molecule has 6 rings (SSSR count). The lowest BCUT2D eigenvalue weighted by Gasteiger charge is -2.34. The third-order valence-electron chi connectivity index (χ3n) is 8.26. The van der Waals surface area contributed by atoms with E-state index in [-0.39, 0.29) is 30.2 Å². The summed E-state index contributed by atoms with van der Waals surface area (Å²) in [5.41, 5.74) is 4.11. The summed E-state index contributed by atoms with van der Waals surface area (Å²) in [5.74, 6) is 1.30. The van der Waals surface area contributed by atoms with Gasteiger partial charge in [0.15, 0.2) is 5.82 Å². The molecule has 11 heteroatoms. The largest absolute Gasteiger partial charge is 0.447 e. The Hall–Kier alpha value is -4.22. The molecule has 0 spiro atoms. The summed E-state index contributed by atoms with van der Waals surface area (Å²) in [6.07, 6.45) is -0.621. The highest BCUT2D eigenvalue weighted by Gasteiger charge is 2.38. The van der Waals surface area contributed by atoms with Crippen molar-refractivity contribution in [1.82, 2.24) is 19.8 Å². The first-order chi connectivity index (χ1) is 21.4. The molecule has 2 atom stereocenters. The molecule has 2 aromatic carbocycles. The minimum Gasteiger partial charge on any atom is -0.447 e. The molecule has 2 saturated heterocycles. The van der Waals surface area contributed by atoms with Crippen molar-refractivity contribution >= 4 is 45.5 Å². The molecule has 1 N–H and O–H groups in total. The van der Waals surface area contributed by atoms with Gasteiger partial charge in [-0.15, -0.1) is 11.3 Å². The number of anilines is 2. The Balaban J connectivity index is 1.04. The zero-order valence-corrected chi connectivity index (χ0v) is 26.1. The summed E-state index contributed by atoms with van der Waals surface area (Å²) in [5, 5.41) is 5.41. The predicted molar refractivity (Wildman–Crippen MR) is 172 cm³/mol. The first kappa shape index (κ1) is 29.8. The van der Waals surface area contributed by atoms with Crippen molar-refractivity contribution < 1.29 is 19.1 Å². The van der Waals surface area contributed by atoms with Crippen molar-refractivity contribution in [2.75, 3.05) is 43.0 Å². The van der Waals surface area contributed by atoms with Gasteiger partial charge in [0.2, 0.25) is 5.95 Å². The van der Waals surface area contributed by atoms with Crippen LogP contribution in [0.4, 0.5) is 21.4 Å². The maximum absolute atomic E-state index is 12.7. The topological polar surface area (TPSA) is 100 Å². The van der Waals surface area contributed by atoms with Crippen molar-refractivity contribution in [3.63, 3.8) is 0 Å². The van der Waals surface area contributed by atoms with Crippen LogP contribution in [0.5, 0.6) is 0 Å². The van der Waals surface area contributed by atoms with Crippen LogP contribution in [-0.4, -0.2) is 70.8 Å². The van der Waals surface area contributed by atoms with E-state index in [0.717, 1.165) is 41.0 Å². The molecule has 10 nitrogen and oxygen atoms in total. The zero-order valence-electron chi connectivity index (χ0n) is 25.3. The number of rotatable bonds is 9. The summed E-state index contributed by atoms with van der Waals surface area (Å²) in [7, 11) is 0. The average molecular weight is 615 g/mol. The first-order valence-electron chi connectivity index (χ1n) is 15.1. The average Bonchev–Trinajstić information content (AvgIpc) is 3.67. The standard InChI is InChI=1S/C33H38N6O4S/c1-22(2)28-21-43-33(41)39(28)30-29-27(13-18-44-29)35-31(36-30)34-23(3)26-11-9-24(10-12-26)19-37-14-16-38(17-15-37)32(40)42-20-25-7-5-4-6-8-25/h4-13,18,22-23,28H,14-17,19-21H2,1-3H3,(H,34,35,36)/t23-,28+/m0/s1. The van der Waals surface area contributed by atoms with Gasteiger partial charge in [0.1, 0.15) is 13.2 Å². The van der Waals surface area contributed by atoms with Crippen LogP contribution < -0.4 is 10.2 Å². The number of thiophene rings is 1. The monoisotopic (exact) mass is 614 g/mol. The Morgan fingerprint density at radius 2 is 1.75 bits per heavy atom. The van der Waals surface area contributed by atoms with Crippen LogP contribution in [0.25, 0.3) is 10.2 Å². The van der Waals surface area contributed by atoms with E-state index in [9.17, 15) is 9.59 Å². The third kappa shape index (κ3) is 6.63. The molecule has 4 aromatic rings. The lowest BCUT2D eigenvalue weighted by atomic mass is 10.0. The number of piperazine rings is 1. The number of benzene rings is 2. The number of carbonyl (C=O) groups excluding carboxylic acids is 2. The number of aromatic nitrogens is 2. The second-order valence-corrected chi connectivity index (χ2v) is 12.6. The Bertz CT molecular complexity index is 1590. The number of nitrogens with zero attached hydrogens (tertiary/aromatic N) is 5. The summed E-state index contributed by atoms with van der Waals surface area (Å²) in [6, 6.07) is 20.1. The van der Waals surface area contributed by atoms with Crippen LogP contribution >= 0.6 is 11.3 Å². The Labute approximate surface area is 261 Å². The van der Waals surface area contributed by atoms with E-state index in [4.69, 9.17) is 19.4 Å². The van der Waals surface area contributed by atoms with Gasteiger partial charge in [-0.2, -0.15) is 4.98 Å². The van der Waals surface area contributed by atoms with E-state index < -0.39 is 0 Å². The lowest BCUT2D eigenvalue weighted by Crippen LogP contribution is -2.48. The highest BCUT2D eigenvalue weighted by molar-refractivity contribution is 7.17. The van der Waals surface area contributed by atoms with Crippen LogP contribution in [0.2, 0.25) is 0 Å². The first-order valence-corrected chi connectivity index (χ1v) is 16.0. The molecule has 0 unspecified atom stereocenters. The maximum Gasteiger partial charge on any atom is 0.415 e. The van der Waals surface area contributed by atoms with Crippen molar-refractivity contribution in [3.05, 3.63) is 82.7 Å². The van der Waals surface area contributed by atoms with E-state index >= 15 is 0 Å². The second kappa shape index (κ2) is 13.2. The van der Waals surface area contributed by atoms with E-state index in [2.05, 4.69) is 55.3 Å². The van der Waals surface area contributed by atoms with Gasteiger partial charge in [-0.05, 0) is 41.0 Å². The molecule has 2 aliphatic heterocycles. The van der Waals surface area contributed by atoms with Crippen molar-refractivity contribution in [3.8, 4) is 0 Å². The molecule has 2 fully saturated rings. The Morgan fingerprint density at radius 1 is 1.00 bits per heavy atom. The minimum absolute atomic E-state index is 0.0511. The SMILES string of the molecule is CC(C)[C@H]1COC(=O)N1c1nc(N[C@@H](C)c2ccc(CN3CCN(C(=O)OCc4ccccc4)CC3)cc2)nc2ccsc12. The van der Waals surface area contributed by atoms with Crippen molar-refractivity contribution in [2.45, 2.75) is 46.0 Å². The number of nitrogens with one attached hydrogen (secondary N) is 1. The minimum atomic E-state index is -0.365. The molecular formula is C33H38N6O4S. The fourth-order valence-electron chi connectivity index (χ4n) is 5.59. The van der Waals surface area contributed by atoms with Crippen molar-refractivity contribution in [2.24, 2.45) is 5.92 Å². The number of amides is 2. The van der Waals surface area contributed by atoms with E-state index in [1.165, 1.54) is 16.9 Å². The Kier molecular flexibility index (Phi) is 8.94. The van der Waals surface area contributed by atoms with Gasteiger partial charge in [0, 0.05) is 32.7 Å². The molecule has 0 bridgehead atoms. The summed E-state index contributed by atoms with van der Waals surface area (Å²) >= 11 is 1.53. The Morgan fingerprint density at radius 3 is 2.48 bits per heavy atom. The van der Waals surface area contributed by atoms with Gasteiger partial charge < -0.3 is 19.7 Å². The molecular weight excluding hydrogens is 576 g/mol. The molecule has 230 valence electrons. The molecule has 0 radical (unpaired) electrons. The normalized spacial score (nSPS) is 18.1. The number of ether oxygens (including phenoxy) is 2. The van der Waals surface area contributed by atoms with E-state index in [1.807, 2.05) is 41.8 Å². The highest BCUT2D eigenvalue weighted by Crippen LogP contribution is 2.35. The van der Waals surface area contributed by atoms with Crippen LogP contribution in [0.1, 0.15) is 43.5 Å². The molecule has 2 aromatic heterocycles. The van der Waals surface area contributed by atoms with Crippen LogP contribution in [0, 0.1) is 5.92 Å². The molecule has 44 heavy (non-hydrogen) atoms. The van der Waals surface area contributed by atoms with E-state index in [1.54, 1.807) is 9.80 Å². The number of carbonyl (C=O) groups is 2. The maximum atomic E-state index is 12.7. The summed E-state index contributed by atoms with van der Waals surface area (Å²) < 4.78 is 11.8. The third-order valence-corrected chi connectivity index (χ3v) is 9.16. The lowest BCUT2D eigenvalue weighted by molar-refractivity contribution is 0.0700. The molecule has 0 saturated carbocycles. The van der Waals surface area contributed by atoms with Gasteiger partial charge in [0.05, 0.1) is 22.3 Å². The van der Waals surface area contributed by atoms with Crippen LogP contribution in [0.15, 0.2) is 66.0 Å². The van der Waals surface area contributed by atoms with Crippen LogP contribution in [0.3, 0.4) is 0 Å². The number of hydrogen-bond donors (Lipinski definition) is 1. The fourth-order valence-corrected chi connectivity index (χ4v) is 6.41. The summed E-state index contributed by atoms with van der Waals surface area (Å²) in [4.78, 5) is 40.6. The molecule has 4 heterocycles. The second-order valence-electron chi connectivity index (χ2n) is 11.7. The van der Waals surface area contributed by atoms with Crippen molar-refractivity contribution in [1.29, 1.82) is 0 Å². The van der Waals surface area contributed by atoms with Gasteiger partial charge in [-0.3, -0.25) is 9.80 Å². The smallest absolute Gasteiger partial charge is 0.415 e. The van der Waals surface area contributed by atoms with Gasteiger partial charge in [-0.25, -0.2) is 14.6 Å². The number of hydrogen-bond acceptors (Lipinski definition) is 9. The molecule has 2 amide bonds. The van der Waals surface area contributed by atoms with Gasteiger partial charge in [-0.1, -0.05) is 68.4 Å². The van der Waals surface area contributed by atoms with E-state index in [0.29, 0.717) is 38.1 Å². The number of fused-ring (bicyclic) bond motifs is 1. The predicted octanol–water partition coefficient (Wildman–Crippen LogP) is 6.30. The number of cyclic esters (lactones) is 1. The molecule has 2 aliphatic rings.